The van der Waals surface area contributed by atoms with E-state index in [2.05, 4.69) is 64.2 Å². The van der Waals surface area contributed by atoms with Crippen LogP contribution in [-0.2, 0) is 13.5 Å². The lowest BCUT2D eigenvalue weighted by Crippen LogP contribution is -2.09. The number of nitrogens with one attached hydrogen (secondary N) is 1. The van der Waals surface area contributed by atoms with Crippen LogP contribution in [0.5, 0.6) is 0 Å². The second-order valence-electron chi connectivity index (χ2n) is 4.08. The number of nitrogens with zero attached hydrogens (tertiary/aromatic N) is 2. The summed E-state index contributed by atoms with van der Waals surface area (Å²) in [5.74, 6) is 0. The summed E-state index contributed by atoms with van der Waals surface area (Å²) in [5, 5.41) is 7.63. The lowest BCUT2D eigenvalue weighted by Gasteiger charge is -2.10. The molecule has 0 spiro atoms. The summed E-state index contributed by atoms with van der Waals surface area (Å²) in [6.07, 6.45) is 2.83. The first-order chi connectivity index (χ1) is 8.16. The van der Waals surface area contributed by atoms with Gasteiger partial charge in [0.25, 0.3) is 0 Å². The number of rotatable bonds is 4. The molecule has 0 atom stereocenters. The van der Waals surface area contributed by atoms with E-state index in [-0.39, 0.29) is 0 Å². The smallest absolute Gasteiger partial charge is 0.0492 e. The highest BCUT2D eigenvalue weighted by molar-refractivity contribution is 14.1. The Labute approximate surface area is 115 Å². The van der Waals surface area contributed by atoms with Crippen LogP contribution >= 0.6 is 22.6 Å². The van der Waals surface area contributed by atoms with Gasteiger partial charge in [0.05, 0.1) is 0 Å². The zero-order chi connectivity index (χ0) is 12.3. The van der Waals surface area contributed by atoms with Crippen molar-refractivity contribution in [2.75, 3.05) is 11.9 Å². The number of hydrogen-bond donors (Lipinski definition) is 1. The fourth-order valence-corrected chi connectivity index (χ4v) is 2.25. The van der Waals surface area contributed by atoms with E-state index in [0.717, 1.165) is 13.0 Å². The van der Waals surface area contributed by atoms with Gasteiger partial charge in [-0.15, -0.1) is 0 Å². The van der Waals surface area contributed by atoms with E-state index < -0.39 is 0 Å². The lowest BCUT2D eigenvalue weighted by molar-refractivity contribution is 0.711. The van der Waals surface area contributed by atoms with Crippen LogP contribution in [0.3, 0.4) is 0 Å². The van der Waals surface area contributed by atoms with Gasteiger partial charge in [0, 0.05) is 41.2 Å². The third-order valence-electron chi connectivity index (χ3n) is 2.82. The predicted molar refractivity (Wildman–Crippen MR) is 79.3 cm³/mol. The molecule has 1 N–H and O–H groups in total. The molecule has 2 rings (SSSR count). The van der Waals surface area contributed by atoms with Gasteiger partial charge in [0.1, 0.15) is 0 Å². The van der Waals surface area contributed by atoms with Gasteiger partial charge in [-0.05, 0) is 53.3 Å². The summed E-state index contributed by atoms with van der Waals surface area (Å²) in [6.45, 7) is 3.06. The van der Waals surface area contributed by atoms with E-state index >= 15 is 0 Å². The Morgan fingerprint density at radius 2 is 2.18 bits per heavy atom. The Balaban J connectivity index is 1.94. The molecule has 2 aromatic rings. The van der Waals surface area contributed by atoms with Crippen molar-refractivity contribution in [2.24, 2.45) is 7.05 Å². The highest BCUT2D eigenvalue weighted by atomic mass is 127. The van der Waals surface area contributed by atoms with Crippen LogP contribution in [0.1, 0.15) is 11.3 Å². The average molecular weight is 341 g/mol. The molecule has 0 bridgehead atoms. The van der Waals surface area contributed by atoms with Gasteiger partial charge in [-0.3, -0.25) is 4.68 Å². The Kier molecular flexibility index (Phi) is 4.04. The fraction of sp³-hybridized carbons (Fsp3) is 0.308. The number of benzene rings is 1. The molecule has 0 saturated carbocycles. The van der Waals surface area contributed by atoms with Crippen LogP contribution in [0.25, 0.3) is 0 Å². The molecule has 1 heterocycles. The molecule has 90 valence electrons. The Morgan fingerprint density at radius 3 is 2.88 bits per heavy atom. The first-order valence-corrected chi connectivity index (χ1v) is 6.71. The van der Waals surface area contributed by atoms with E-state index in [4.69, 9.17) is 0 Å². The number of aryl methyl sites for hydroxylation is 2. The van der Waals surface area contributed by atoms with Gasteiger partial charge in [-0.25, -0.2) is 0 Å². The van der Waals surface area contributed by atoms with Gasteiger partial charge in [0.15, 0.2) is 0 Å². The first kappa shape index (κ1) is 12.4. The van der Waals surface area contributed by atoms with E-state index in [1.54, 1.807) is 0 Å². The van der Waals surface area contributed by atoms with Crippen molar-refractivity contribution in [3.05, 3.63) is 45.3 Å². The standard InChI is InChI=1S/C13H16IN3/c1-10-3-4-11(14)9-13(10)15-7-5-12-6-8-16-17(12)2/h3-4,6,8-9,15H,5,7H2,1-2H3. The van der Waals surface area contributed by atoms with E-state index in [1.807, 2.05) is 17.9 Å². The minimum absolute atomic E-state index is 0.931. The Bertz CT molecular complexity index is 505. The molecular weight excluding hydrogens is 325 g/mol. The molecule has 0 fully saturated rings. The molecule has 17 heavy (non-hydrogen) atoms. The minimum atomic E-state index is 0.931. The van der Waals surface area contributed by atoms with Crippen molar-refractivity contribution in [3.63, 3.8) is 0 Å². The molecule has 1 aromatic heterocycles. The monoisotopic (exact) mass is 341 g/mol. The van der Waals surface area contributed by atoms with Gasteiger partial charge < -0.3 is 5.32 Å². The number of aromatic nitrogens is 2. The fourth-order valence-electron chi connectivity index (χ4n) is 1.76. The molecule has 0 aliphatic carbocycles. The van der Waals surface area contributed by atoms with Crippen LogP contribution < -0.4 is 5.32 Å². The lowest BCUT2D eigenvalue weighted by atomic mass is 10.2. The van der Waals surface area contributed by atoms with Gasteiger partial charge in [0.2, 0.25) is 0 Å². The summed E-state index contributed by atoms with van der Waals surface area (Å²) in [7, 11) is 1.98. The SMILES string of the molecule is Cc1ccc(I)cc1NCCc1ccnn1C. The maximum absolute atomic E-state index is 4.16. The topological polar surface area (TPSA) is 29.9 Å². The van der Waals surface area contributed by atoms with Crippen molar-refractivity contribution < 1.29 is 0 Å². The highest BCUT2D eigenvalue weighted by Crippen LogP contribution is 2.18. The zero-order valence-electron chi connectivity index (χ0n) is 10.1. The minimum Gasteiger partial charge on any atom is -0.384 e. The molecule has 4 heteroatoms. The van der Waals surface area contributed by atoms with Crippen LogP contribution in [0.4, 0.5) is 5.69 Å². The van der Waals surface area contributed by atoms with Crippen molar-refractivity contribution in [3.8, 4) is 0 Å². The van der Waals surface area contributed by atoms with Gasteiger partial charge >= 0.3 is 0 Å². The molecule has 0 saturated heterocycles. The average Bonchev–Trinajstić information content (AvgIpc) is 2.70. The number of halogens is 1. The maximum atomic E-state index is 4.16. The molecule has 3 nitrogen and oxygen atoms in total. The van der Waals surface area contributed by atoms with E-state index in [1.165, 1.54) is 20.5 Å². The maximum Gasteiger partial charge on any atom is 0.0492 e. The molecule has 0 amide bonds. The number of anilines is 1. The zero-order valence-corrected chi connectivity index (χ0v) is 12.2. The Hall–Kier alpha value is -1.04. The first-order valence-electron chi connectivity index (χ1n) is 5.64. The second-order valence-corrected chi connectivity index (χ2v) is 5.33. The van der Waals surface area contributed by atoms with Crippen LogP contribution in [-0.4, -0.2) is 16.3 Å². The van der Waals surface area contributed by atoms with Crippen molar-refractivity contribution >= 4 is 28.3 Å². The van der Waals surface area contributed by atoms with Gasteiger partial charge in [-0.1, -0.05) is 6.07 Å². The summed E-state index contributed by atoms with van der Waals surface area (Å²) >= 11 is 2.34. The third kappa shape index (κ3) is 3.21. The summed E-state index contributed by atoms with van der Waals surface area (Å²) in [4.78, 5) is 0. The molecule has 0 aliphatic heterocycles. The molecule has 1 aromatic carbocycles. The quantitative estimate of drug-likeness (QED) is 0.867. The largest absolute Gasteiger partial charge is 0.384 e. The van der Waals surface area contributed by atoms with E-state index in [9.17, 15) is 0 Å². The number of hydrogen-bond acceptors (Lipinski definition) is 2. The third-order valence-corrected chi connectivity index (χ3v) is 3.49. The normalized spacial score (nSPS) is 10.5. The molecular formula is C13H16IN3. The van der Waals surface area contributed by atoms with Crippen LogP contribution in [0.2, 0.25) is 0 Å². The predicted octanol–water partition coefficient (Wildman–Crippen LogP) is 2.99. The van der Waals surface area contributed by atoms with Crippen LogP contribution in [0, 0.1) is 10.5 Å². The van der Waals surface area contributed by atoms with Crippen molar-refractivity contribution in [2.45, 2.75) is 13.3 Å². The van der Waals surface area contributed by atoms with Crippen LogP contribution in [0.15, 0.2) is 30.5 Å². The highest BCUT2D eigenvalue weighted by Gasteiger charge is 2.00. The van der Waals surface area contributed by atoms with Crippen molar-refractivity contribution in [1.29, 1.82) is 0 Å². The van der Waals surface area contributed by atoms with E-state index in [0.29, 0.717) is 0 Å². The van der Waals surface area contributed by atoms with Crippen molar-refractivity contribution in [1.82, 2.24) is 9.78 Å². The molecule has 0 radical (unpaired) electrons. The molecule has 0 aliphatic rings. The van der Waals surface area contributed by atoms with Gasteiger partial charge in [-0.2, -0.15) is 5.10 Å². The summed E-state index contributed by atoms with van der Waals surface area (Å²) < 4.78 is 3.18. The summed E-state index contributed by atoms with van der Waals surface area (Å²) in [6, 6.07) is 8.51. The Morgan fingerprint density at radius 1 is 1.35 bits per heavy atom. The second kappa shape index (κ2) is 5.53. The molecule has 0 unspecified atom stereocenters. The summed E-state index contributed by atoms with van der Waals surface area (Å²) in [5.41, 5.74) is 3.76.